The lowest BCUT2D eigenvalue weighted by Gasteiger charge is -2.26. The summed E-state index contributed by atoms with van der Waals surface area (Å²) in [5.41, 5.74) is 1.19. The molecule has 1 atom stereocenters. The van der Waals surface area contributed by atoms with Crippen molar-refractivity contribution in [3.8, 4) is 0 Å². The maximum Gasteiger partial charge on any atom is 0.161 e. The number of benzene rings is 1. The summed E-state index contributed by atoms with van der Waals surface area (Å²) in [4.78, 5) is 17.4. The van der Waals surface area contributed by atoms with Crippen LogP contribution in [0, 0.1) is 5.82 Å². The molecule has 0 amide bonds. The quantitative estimate of drug-likeness (QED) is 0.797. The molecular weight excluding hydrogens is 255 g/mol. The van der Waals surface area contributed by atoms with Crippen LogP contribution in [-0.2, 0) is 0 Å². The van der Waals surface area contributed by atoms with Crippen molar-refractivity contribution >= 4 is 11.6 Å². The molecule has 1 unspecified atom stereocenters. The number of anilines is 1. The van der Waals surface area contributed by atoms with Gasteiger partial charge in [-0.15, -0.1) is 0 Å². The number of hydrogen-bond donors (Lipinski definition) is 0. The molecule has 2 aromatic rings. The Morgan fingerprint density at radius 2 is 1.95 bits per heavy atom. The molecule has 0 saturated heterocycles. The lowest BCUT2D eigenvalue weighted by molar-refractivity contribution is 0.101. The second-order valence-corrected chi connectivity index (χ2v) is 4.77. The Morgan fingerprint density at radius 3 is 2.50 bits per heavy atom. The largest absolute Gasteiger partial charge is 0.353 e. The Hall–Kier alpha value is -2.23. The first-order chi connectivity index (χ1) is 9.50. The molecule has 0 aliphatic heterocycles. The van der Waals surface area contributed by atoms with E-state index < -0.39 is 0 Å². The van der Waals surface area contributed by atoms with Crippen LogP contribution in [0.3, 0.4) is 0 Å². The number of carbonyl (C=O) groups is 1. The third-order valence-corrected chi connectivity index (χ3v) is 3.45. The SMILES string of the molecule is CC(=O)c1ccc(N(C)C(C)c2ccccc2F)nc1. The Kier molecular flexibility index (Phi) is 4.13. The van der Waals surface area contributed by atoms with Crippen LogP contribution < -0.4 is 4.90 Å². The number of rotatable bonds is 4. The van der Waals surface area contributed by atoms with Gasteiger partial charge in [0, 0.05) is 24.4 Å². The summed E-state index contributed by atoms with van der Waals surface area (Å²) in [6.45, 7) is 3.42. The normalized spacial score (nSPS) is 12.0. The van der Waals surface area contributed by atoms with E-state index in [1.54, 1.807) is 30.5 Å². The van der Waals surface area contributed by atoms with E-state index in [0.29, 0.717) is 16.9 Å². The van der Waals surface area contributed by atoms with E-state index in [-0.39, 0.29) is 17.6 Å². The van der Waals surface area contributed by atoms with Gasteiger partial charge in [-0.05, 0) is 32.0 Å². The molecule has 0 radical (unpaired) electrons. The fourth-order valence-electron chi connectivity index (χ4n) is 2.02. The predicted molar refractivity (Wildman–Crippen MR) is 77.5 cm³/mol. The molecule has 20 heavy (non-hydrogen) atoms. The van der Waals surface area contributed by atoms with E-state index in [4.69, 9.17) is 0 Å². The van der Waals surface area contributed by atoms with Gasteiger partial charge in [-0.2, -0.15) is 0 Å². The molecule has 0 aliphatic rings. The molecule has 2 rings (SSSR count). The first-order valence-corrected chi connectivity index (χ1v) is 6.45. The van der Waals surface area contributed by atoms with Gasteiger partial charge in [-0.25, -0.2) is 9.37 Å². The van der Waals surface area contributed by atoms with Crippen molar-refractivity contribution in [2.75, 3.05) is 11.9 Å². The van der Waals surface area contributed by atoms with Crippen LogP contribution in [0.5, 0.6) is 0 Å². The number of pyridine rings is 1. The number of hydrogen-bond acceptors (Lipinski definition) is 3. The lowest BCUT2D eigenvalue weighted by Crippen LogP contribution is -2.23. The fraction of sp³-hybridized carbons (Fsp3) is 0.250. The molecule has 1 heterocycles. The number of aromatic nitrogens is 1. The maximum atomic E-state index is 13.8. The van der Waals surface area contributed by atoms with Gasteiger partial charge in [-0.1, -0.05) is 18.2 Å². The summed E-state index contributed by atoms with van der Waals surface area (Å²) < 4.78 is 13.8. The standard InChI is InChI=1S/C16H17FN2O/c1-11(14-6-4-5-7-15(14)17)19(3)16-9-8-13(10-18-16)12(2)20/h4-11H,1-3H3. The third-order valence-electron chi connectivity index (χ3n) is 3.45. The number of nitrogens with zero attached hydrogens (tertiary/aromatic N) is 2. The highest BCUT2D eigenvalue weighted by Gasteiger charge is 2.16. The van der Waals surface area contributed by atoms with Gasteiger partial charge in [0.15, 0.2) is 5.78 Å². The molecule has 0 N–H and O–H groups in total. The smallest absolute Gasteiger partial charge is 0.161 e. The van der Waals surface area contributed by atoms with Crippen molar-refractivity contribution < 1.29 is 9.18 Å². The van der Waals surface area contributed by atoms with Crippen molar-refractivity contribution in [2.45, 2.75) is 19.9 Å². The van der Waals surface area contributed by atoms with Crippen LogP contribution in [0.25, 0.3) is 0 Å². The highest BCUT2D eigenvalue weighted by atomic mass is 19.1. The number of Topliss-reactive ketones (excluding diaryl/α,β-unsaturated/α-hetero) is 1. The number of carbonyl (C=O) groups excluding carboxylic acids is 1. The van der Waals surface area contributed by atoms with Crippen molar-refractivity contribution in [3.63, 3.8) is 0 Å². The number of ketones is 1. The summed E-state index contributed by atoms with van der Waals surface area (Å²) in [6.07, 6.45) is 1.54. The summed E-state index contributed by atoms with van der Waals surface area (Å²) in [7, 11) is 1.85. The van der Waals surface area contributed by atoms with Crippen molar-refractivity contribution in [3.05, 3.63) is 59.5 Å². The second kappa shape index (κ2) is 5.82. The minimum atomic E-state index is -0.229. The van der Waals surface area contributed by atoms with E-state index in [9.17, 15) is 9.18 Å². The first kappa shape index (κ1) is 14.2. The molecule has 0 spiro atoms. The molecule has 1 aromatic carbocycles. The molecule has 1 aromatic heterocycles. The Morgan fingerprint density at radius 1 is 1.25 bits per heavy atom. The Bertz CT molecular complexity index is 610. The predicted octanol–water partition coefficient (Wildman–Crippen LogP) is 3.62. The Labute approximate surface area is 118 Å². The van der Waals surface area contributed by atoms with E-state index in [1.807, 2.05) is 24.9 Å². The van der Waals surface area contributed by atoms with Crippen molar-refractivity contribution in [1.29, 1.82) is 0 Å². The minimum absolute atomic E-state index is 0.0196. The second-order valence-electron chi connectivity index (χ2n) is 4.77. The maximum absolute atomic E-state index is 13.8. The van der Waals surface area contributed by atoms with E-state index >= 15 is 0 Å². The van der Waals surface area contributed by atoms with Gasteiger partial charge in [0.2, 0.25) is 0 Å². The highest BCUT2D eigenvalue weighted by Crippen LogP contribution is 2.25. The molecule has 0 aliphatic carbocycles. The van der Waals surface area contributed by atoms with Gasteiger partial charge in [0.25, 0.3) is 0 Å². The fourth-order valence-corrected chi connectivity index (χ4v) is 2.02. The zero-order valence-electron chi connectivity index (χ0n) is 11.8. The topological polar surface area (TPSA) is 33.2 Å². The van der Waals surface area contributed by atoms with Crippen LogP contribution in [-0.4, -0.2) is 17.8 Å². The van der Waals surface area contributed by atoms with E-state index in [0.717, 1.165) is 0 Å². The van der Waals surface area contributed by atoms with Gasteiger partial charge in [-0.3, -0.25) is 4.79 Å². The third kappa shape index (κ3) is 2.85. The lowest BCUT2D eigenvalue weighted by atomic mass is 10.1. The molecule has 0 fully saturated rings. The van der Waals surface area contributed by atoms with Gasteiger partial charge in [0.05, 0.1) is 6.04 Å². The van der Waals surface area contributed by atoms with Gasteiger partial charge >= 0.3 is 0 Å². The van der Waals surface area contributed by atoms with E-state index in [2.05, 4.69) is 4.98 Å². The van der Waals surface area contributed by atoms with Crippen LogP contribution >= 0.6 is 0 Å². The average Bonchev–Trinajstić information content (AvgIpc) is 2.46. The zero-order chi connectivity index (χ0) is 14.7. The highest BCUT2D eigenvalue weighted by molar-refractivity contribution is 5.93. The zero-order valence-corrected chi connectivity index (χ0v) is 11.8. The summed E-state index contributed by atoms with van der Waals surface area (Å²) >= 11 is 0. The monoisotopic (exact) mass is 272 g/mol. The van der Waals surface area contributed by atoms with Crippen molar-refractivity contribution in [2.24, 2.45) is 0 Å². The van der Waals surface area contributed by atoms with Crippen LogP contribution in [0.1, 0.15) is 35.8 Å². The summed E-state index contributed by atoms with van der Waals surface area (Å²) in [5.74, 6) is 0.451. The van der Waals surface area contributed by atoms with Crippen molar-refractivity contribution in [1.82, 2.24) is 4.98 Å². The van der Waals surface area contributed by atoms with Crippen LogP contribution in [0.15, 0.2) is 42.6 Å². The summed E-state index contributed by atoms with van der Waals surface area (Å²) in [5, 5.41) is 0. The first-order valence-electron chi connectivity index (χ1n) is 6.45. The summed E-state index contributed by atoms with van der Waals surface area (Å²) in [6, 6.07) is 10.1. The molecule has 4 heteroatoms. The molecule has 0 saturated carbocycles. The van der Waals surface area contributed by atoms with E-state index in [1.165, 1.54) is 13.0 Å². The minimum Gasteiger partial charge on any atom is -0.353 e. The van der Waals surface area contributed by atoms with Gasteiger partial charge < -0.3 is 4.90 Å². The molecule has 0 bridgehead atoms. The van der Waals surface area contributed by atoms with Gasteiger partial charge in [0.1, 0.15) is 11.6 Å². The average molecular weight is 272 g/mol. The van der Waals surface area contributed by atoms with Crippen LogP contribution in [0.4, 0.5) is 10.2 Å². The Balaban J connectivity index is 2.24. The number of halogens is 1. The van der Waals surface area contributed by atoms with Crippen LogP contribution in [0.2, 0.25) is 0 Å². The molecular formula is C16H17FN2O. The molecule has 104 valence electrons. The molecule has 3 nitrogen and oxygen atoms in total.